The van der Waals surface area contributed by atoms with Gasteiger partial charge >= 0.3 is 0 Å². The predicted molar refractivity (Wildman–Crippen MR) is 316 cm³/mol. The SMILES string of the molecule is CC1(C)c2ccccc2-c2cc(N(c3ccc4c(c3)C3(c5ccccc5-c5ccccc53)c3ccccc3-4)c3cc4c5ccccc5c5ccccc5c4cc3-c3ccc(-c4ccc5ccccc5c4)cc3)ccc21. The average molecular weight is 952 g/mol. The zero-order valence-corrected chi connectivity index (χ0v) is 41.8. The summed E-state index contributed by atoms with van der Waals surface area (Å²) in [4.78, 5) is 2.59. The van der Waals surface area contributed by atoms with E-state index >= 15 is 0 Å². The maximum Gasteiger partial charge on any atom is 0.0726 e. The summed E-state index contributed by atoms with van der Waals surface area (Å²) >= 11 is 0. The van der Waals surface area contributed by atoms with Crippen molar-refractivity contribution >= 4 is 60.2 Å². The Bertz CT molecular complexity index is 4510. The number of hydrogen-bond acceptors (Lipinski definition) is 1. The van der Waals surface area contributed by atoms with Gasteiger partial charge in [0.15, 0.2) is 0 Å². The Balaban J connectivity index is 1.00. The van der Waals surface area contributed by atoms with E-state index in [4.69, 9.17) is 0 Å². The lowest BCUT2D eigenvalue weighted by molar-refractivity contribution is 0.660. The van der Waals surface area contributed by atoms with Crippen LogP contribution in [0.25, 0.3) is 98.7 Å². The van der Waals surface area contributed by atoms with Crippen LogP contribution in [0.5, 0.6) is 0 Å². The third-order valence-corrected chi connectivity index (χ3v) is 17.4. The van der Waals surface area contributed by atoms with E-state index < -0.39 is 5.41 Å². The molecule has 13 aromatic rings. The molecule has 0 N–H and O–H groups in total. The molecule has 1 spiro atoms. The first-order chi connectivity index (χ1) is 36.9. The molecule has 1 heteroatoms. The van der Waals surface area contributed by atoms with E-state index in [-0.39, 0.29) is 5.41 Å². The Labute approximate surface area is 437 Å². The van der Waals surface area contributed by atoms with Crippen LogP contribution < -0.4 is 4.90 Å². The van der Waals surface area contributed by atoms with Gasteiger partial charge in [-0.1, -0.05) is 232 Å². The zero-order chi connectivity index (χ0) is 49.6. The molecule has 0 unspecified atom stereocenters. The molecule has 0 saturated carbocycles. The van der Waals surface area contributed by atoms with Crippen molar-refractivity contribution < 1.29 is 0 Å². The van der Waals surface area contributed by atoms with Crippen molar-refractivity contribution in [2.45, 2.75) is 24.7 Å². The van der Waals surface area contributed by atoms with E-state index in [1.807, 2.05) is 0 Å². The van der Waals surface area contributed by atoms with Crippen LogP contribution in [0.1, 0.15) is 47.2 Å². The first kappa shape index (κ1) is 42.2. The van der Waals surface area contributed by atoms with Crippen LogP contribution in [-0.2, 0) is 10.8 Å². The topological polar surface area (TPSA) is 3.24 Å². The van der Waals surface area contributed by atoms with Crippen LogP contribution in [0, 0.1) is 0 Å². The number of rotatable bonds is 5. The highest BCUT2D eigenvalue weighted by Crippen LogP contribution is 2.64. The zero-order valence-electron chi connectivity index (χ0n) is 41.8. The van der Waals surface area contributed by atoms with Crippen LogP contribution in [0.4, 0.5) is 17.1 Å². The van der Waals surface area contributed by atoms with E-state index in [2.05, 4.69) is 280 Å². The number of benzene rings is 13. The lowest BCUT2D eigenvalue weighted by Crippen LogP contribution is -2.26. The standard InChI is InChI=1S/C74H49N/c1-73(2)66-27-13-9-26-60(66)65-42-51(38-40-67(65)73)75(52-37-39-61-59-25-12-16-30-70(59)74(71(61)43-52)68-28-14-10-23-57(68)58-24-11-15-29-69(58)74)72-45-64-56-22-8-6-20-54(56)53-19-5-7-21-55(53)63(64)44-62(72)48-34-31-47(32-35-48)50-36-33-46-17-3-4-18-49(46)41-50/h3-45H,1-2H3. The average Bonchev–Trinajstić information content (AvgIpc) is 4.14. The van der Waals surface area contributed by atoms with Gasteiger partial charge in [0.25, 0.3) is 0 Å². The van der Waals surface area contributed by atoms with Gasteiger partial charge in [-0.15, -0.1) is 0 Å². The molecule has 13 aromatic carbocycles. The molecule has 16 rings (SSSR count). The maximum atomic E-state index is 2.59. The summed E-state index contributed by atoms with van der Waals surface area (Å²) in [6, 6.07) is 98.8. The molecule has 0 aromatic heterocycles. The molecule has 75 heavy (non-hydrogen) atoms. The molecule has 0 amide bonds. The van der Waals surface area contributed by atoms with Gasteiger partial charge in [0, 0.05) is 22.4 Å². The Morgan fingerprint density at radius 2 is 0.693 bits per heavy atom. The minimum Gasteiger partial charge on any atom is -0.310 e. The second-order valence-corrected chi connectivity index (χ2v) is 21.5. The fourth-order valence-electron chi connectivity index (χ4n) is 14.1. The van der Waals surface area contributed by atoms with Crippen LogP contribution in [0.15, 0.2) is 261 Å². The first-order valence-corrected chi connectivity index (χ1v) is 26.4. The minimum absolute atomic E-state index is 0.134. The Morgan fingerprint density at radius 1 is 0.253 bits per heavy atom. The van der Waals surface area contributed by atoms with Gasteiger partial charge in [0.05, 0.1) is 11.1 Å². The molecule has 350 valence electrons. The van der Waals surface area contributed by atoms with Crippen LogP contribution in [0.3, 0.4) is 0 Å². The second kappa shape index (κ2) is 15.6. The summed E-state index contributed by atoms with van der Waals surface area (Å²) < 4.78 is 0. The van der Waals surface area contributed by atoms with Gasteiger partial charge < -0.3 is 4.90 Å². The minimum atomic E-state index is -0.498. The van der Waals surface area contributed by atoms with Crippen LogP contribution in [-0.4, -0.2) is 0 Å². The summed E-state index contributed by atoms with van der Waals surface area (Å²) in [5.41, 5.74) is 23.3. The van der Waals surface area contributed by atoms with Gasteiger partial charge in [0.1, 0.15) is 0 Å². The van der Waals surface area contributed by atoms with Crippen LogP contribution >= 0.6 is 0 Å². The number of anilines is 3. The van der Waals surface area contributed by atoms with E-state index in [1.165, 1.54) is 127 Å². The third kappa shape index (κ3) is 5.84. The summed E-state index contributed by atoms with van der Waals surface area (Å²) in [6.45, 7) is 4.75. The number of fused-ring (bicyclic) bond motifs is 20. The molecule has 0 saturated heterocycles. The fourth-order valence-corrected chi connectivity index (χ4v) is 14.1. The van der Waals surface area contributed by atoms with E-state index in [9.17, 15) is 0 Å². The Kier molecular flexibility index (Phi) is 8.79. The smallest absolute Gasteiger partial charge is 0.0726 e. The monoisotopic (exact) mass is 951 g/mol. The summed E-state index contributed by atoms with van der Waals surface area (Å²) in [6.07, 6.45) is 0. The van der Waals surface area contributed by atoms with Crippen molar-refractivity contribution in [3.05, 3.63) is 294 Å². The molecule has 0 bridgehead atoms. The highest BCUT2D eigenvalue weighted by atomic mass is 15.1. The van der Waals surface area contributed by atoms with Gasteiger partial charge in [-0.05, 0) is 169 Å². The summed E-state index contributed by atoms with van der Waals surface area (Å²) in [5.74, 6) is 0. The molecule has 3 aliphatic carbocycles. The molecular weight excluding hydrogens is 903 g/mol. The van der Waals surface area contributed by atoms with Gasteiger partial charge in [-0.25, -0.2) is 0 Å². The molecule has 0 heterocycles. The largest absolute Gasteiger partial charge is 0.310 e. The molecule has 0 fully saturated rings. The number of nitrogens with zero attached hydrogens (tertiary/aromatic N) is 1. The molecular formula is C74H49N. The van der Waals surface area contributed by atoms with Gasteiger partial charge in [-0.2, -0.15) is 0 Å². The predicted octanol–water partition coefficient (Wildman–Crippen LogP) is 19.8. The van der Waals surface area contributed by atoms with Crippen molar-refractivity contribution in [1.29, 1.82) is 0 Å². The van der Waals surface area contributed by atoms with Crippen molar-refractivity contribution in [1.82, 2.24) is 0 Å². The summed E-state index contributed by atoms with van der Waals surface area (Å²) in [5, 5.41) is 10.0. The normalized spacial score (nSPS) is 13.9. The third-order valence-electron chi connectivity index (χ3n) is 17.4. The molecule has 0 aliphatic heterocycles. The molecule has 0 atom stereocenters. The van der Waals surface area contributed by atoms with E-state index in [0.717, 1.165) is 22.6 Å². The van der Waals surface area contributed by atoms with Crippen LogP contribution in [0.2, 0.25) is 0 Å². The number of hydrogen-bond donors (Lipinski definition) is 0. The second-order valence-electron chi connectivity index (χ2n) is 21.5. The summed E-state index contributed by atoms with van der Waals surface area (Å²) in [7, 11) is 0. The molecule has 0 radical (unpaired) electrons. The lowest BCUT2D eigenvalue weighted by Gasteiger charge is -2.33. The maximum absolute atomic E-state index is 2.59. The van der Waals surface area contributed by atoms with Crippen molar-refractivity contribution in [3.63, 3.8) is 0 Å². The van der Waals surface area contributed by atoms with Crippen molar-refractivity contribution in [2.24, 2.45) is 0 Å². The Morgan fingerprint density at radius 3 is 1.32 bits per heavy atom. The van der Waals surface area contributed by atoms with Gasteiger partial charge in [-0.3, -0.25) is 0 Å². The van der Waals surface area contributed by atoms with Crippen molar-refractivity contribution in [3.8, 4) is 55.6 Å². The van der Waals surface area contributed by atoms with Crippen molar-refractivity contribution in [2.75, 3.05) is 4.90 Å². The fraction of sp³-hybridized carbons (Fsp3) is 0.0541. The molecule has 1 nitrogen and oxygen atoms in total. The highest BCUT2D eigenvalue weighted by Gasteiger charge is 2.51. The van der Waals surface area contributed by atoms with Gasteiger partial charge in [0.2, 0.25) is 0 Å². The highest BCUT2D eigenvalue weighted by molar-refractivity contribution is 6.27. The first-order valence-electron chi connectivity index (χ1n) is 26.4. The van der Waals surface area contributed by atoms with E-state index in [0.29, 0.717) is 0 Å². The Hall–Kier alpha value is -9.30. The molecule has 3 aliphatic rings. The lowest BCUT2D eigenvalue weighted by atomic mass is 9.70. The quantitative estimate of drug-likeness (QED) is 0.155. The van der Waals surface area contributed by atoms with E-state index in [1.54, 1.807) is 0 Å².